The highest BCUT2D eigenvalue weighted by Gasteiger charge is 2.23. The van der Waals surface area contributed by atoms with Crippen LogP contribution < -0.4 is 10.6 Å². The van der Waals surface area contributed by atoms with Crippen molar-refractivity contribution in [1.82, 2.24) is 9.97 Å². The summed E-state index contributed by atoms with van der Waals surface area (Å²) in [4.78, 5) is 31.5. The molecule has 1 unspecified atom stereocenters. The maximum absolute atomic E-state index is 11.3. The SMILES string of the molecule is CCC(C)N(CC(=O)O)c1nccnc1C(N)=O. The lowest BCUT2D eigenvalue weighted by Gasteiger charge is -2.28. The summed E-state index contributed by atoms with van der Waals surface area (Å²) in [6.07, 6.45) is 3.46. The average molecular weight is 252 g/mol. The zero-order valence-electron chi connectivity index (χ0n) is 10.3. The van der Waals surface area contributed by atoms with E-state index in [0.717, 1.165) is 0 Å². The van der Waals surface area contributed by atoms with Gasteiger partial charge in [-0.2, -0.15) is 0 Å². The molecule has 3 N–H and O–H groups in total. The Morgan fingerprint density at radius 2 is 2.06 bits per heavy atom. The van der Waals surface area contributed by atoms with Crippen LogP contribution in [0.4, 0.5) is 5.82 Å². The van der Waals surface area contributed by atoms with Crippen LogP contribution in [0, 0.1) is 0 Å². The largest absolute Gasteiger partial charge is 0.480 e. The fourth-order valence-corrected chi connectivity index (χ4v) is 1.52. The van der Waals surface area contributed by atoms with Crippen LogP contribution >= 0.6 is 0 Å². The van der Waals surface area contributed by atoms with Gasteiger partial charge in [0.25, 0.3) is 5.91 Å². The second-order valence-electron chi connectivity index (χ2n) is 3.87. The fraction of sp³-hybridized carbons (Fsp3) is 0.455. The molecule has 0 fully saturated rings. The smallest absolute Gasteiger partial charge is 0.323 e. The molecule has 18 heavy (non-hydrogen) atoms. The number of nitrogens with two attached hydrogens (primary N) is 1. The molecule has 0 aliphatic heterocycles. The van der Waals surface area contributed by atoms with Crippen LogP contribution in [0.3, 0.4) is 0 Å². The zero-order valence-corrected chi connectivity index (χ0v) is 10.3. The van der Waals surface area contributed by atoms with Gasteiger partial charge in [-0.3, -0.25) is 9.59 Å². The molecule has 0 saturated carbocycles. The normalized spacial score (nSPS) is 11.9. The Bertz CT molecular complexity index is 450. The van der Waals surface area contributed by atoms with Crippen LogP contribution in [0.1, 0.15) is 30.8 Å². The van der Waals surface area contributed by atoms with Crippen LogP contribution in [-0.2, 0) is 4.79 Å². The third-order valence-corrected chi connectivity index (χ3v) is 2.61. The summed E-state index contributed by atoms with van der Waals surface area (Å²) >= 11 is 0. The molecule has 0 radical (unpaired) electrons. The molecule has 1 amide bonds. The quantitative estimate of drug-likeness (QED) is 0.751. The van der Waals surface area contributed by atoms with E-state index in [2.05, 4.69) is 9.97 Å². The third kappa shape index (κ3) is 3.16. The van der Waals surface area contributed by atoms with Crippen LogP contribution in [0.5, 0.6) is 0 Å². The summed E-state index contributed by atoms with van der Waals surface area (Å²) in [5.74, 6) is -1.52. The number of amides is 1. The maximum atomic E-state index is 11.3. The van der Waals surface area contributed by atoms with Gasteiger partial charge in [0.15, 0.2) is 11.5 Å². The number of rotatable bonds is 6. The molecule has 1 atom stereocenters. The van der Waals surface area contributed by atoms with Gasteiger partial charge in [-0.05, 0) is 13.3 Å². The average Bonchev–Trinajstić information content (AvgIpc) is 2.34. The van der Waals surface area contributed by atoms with Crippen molar-refractivity contribution < 1.29 is 14.7 Å². The van der Waals surface area contributed by atoms with E-state index in [1.165, 1.54) is 17.3 Å². The topological polar surface area (TPSA) is 109 Å². The first-order valence-electron chi connectivity index (χ1n) is 5.56. The molecular weight excluding hydrogens is 236 g/mol. The number of carboxylic acids is 1. The number of carbonyl (C=O) groups excluding carboxylic acids is 1. The molecule has 1 heterocycles. The molecule has 0 spiro atoms. The van der Waals surface area contributed by atoms with Crippen molar-refractivity contribution in [3.05, 3.63) is 18.1 Å². The number of primary amides is 1. The molecule has 0 bridgehead atoms. The maximum Gasteiger partial charge on any atom is 0.323 e. The van der Waals surface area contributed by atoms with Gasteiger partial charge in [-0.25, -0.2) is 9.97 Å². The van der Waals surface area contributed by atoms with E-state index in [4.69, 9.17) is 10.8 Å². The van der Waals surface area contributed by atoms with E-state index in [0.29, 0.717) is 6.42 Å². The molecule has 1 rings (SSSR count). The Morgan fingerprint density at radius 3 is 2.56 bits per heavy atom. The number of anilines is 1. The first-order chi connectivity index (χ1) is 8.47. The molecule has 1 aromatic heterocycles. The van der Waals surface area contributed by atoms with Crippen LogP contribution in [0.2, 0.25) is 0 Å². The number of hydrogen-bond donors (Lipinski definition) is 2. The van der Waals surface area contributed by atoms with Crippen molar-refractivity contribution >= 4 is 17.7 Å². The monoisotopic (exact) mass is 252 g/mol. The van der Waals surface area contributed by atoms with Crippen molar-refractivity contribution in [2.45, 2.75) is 26.3 Å². The minimum atomic E-state index is -1.00. The highest BCUT2D eigenvalue weighted by molar-refractivity contribution is 5.96. The summed E-state index contributed by atoms with van der Waals surface area (Å²) in [6.45, 7) is 3.51. The van der Waals surface area contributed by atoms with Gasteiger partial charge in [0.2, 0.25) is 0 Å². The predicted octanol–water partition coefficient (Wildman–Crippen LogP) is 0.265. The van der Waals surface area contributed by atoms with Crippen LogP contribution in [0.25, 0.3) is 0 Å². The lowest BCUT2D eigenvalue weighted by atomic mass is 10.2. The zero-order chi connectivity index (χ0) is 13.7. The number of hydrogen-bond acceptors (Lipinski definition) is 5. The molecule has 7 heteroatoms. The lowest BCUT2D eigenvalue weighted by Crippen LogP contribution is -2.39. The van der Waals surface area contributed by atoms with Crippen LogP contribution in [0.15, 0.2) is 12.4 Å². The first-order valence-corrected chi connectivity index (χ1v) is 5.56. The molecule has 1 aromatic rings. The highest BCUT2D eigenvalue weighted by Crippen LogP contribution is 2.18. The first kappa shape index (κ1) is 13.9. The highest BCUT2D eigenvalue weighted by atomic mass is 16.4. The van der Waals surface area contributed by atoms with Crippen LogP contribution in [-0.4, -0.2) is 39.5 Å². The van der Waals surface area contributed by atoms with Crippen molar-refractivity contribution in [3.8, 4) is 0 Å². The van der Waals surface area contributed by atoms with E-state index in [9.17, 15) is 9.59 Å². The second-order valence-corrected chi connectivity index (χ2v) is 3.87. The molecular formula is C11H16N4O3. The van der Waals surface area contributed by atoms with Gasteiger partial charge in [-0.1, -0.05) is 6.92 Å². The third-order valence-electron chi connectivity index (χ3n) is 2.61. The minimum Gasteiger partial charge on any atom is -0.480 e. The molecule has 0 aliphatic carbocycles. The summed E-state index contributed by atoms with van der Waals surface area (Å²) in [5, 5.41) is 8.91. The Kier molecular flexibility index (Phi) is 4.59. The Balaban J connectivity index is 3.19. The Labute approximate surface area is 105 Å². The van der Waals surface area contributed by atoms with Crippen molar-refractivity contribution in [2.24, 2.45) is 5.73 Å². The molecule has 98 valence electrons. The summed E-state index contributed by atoms with van der Waals surface area (Å²) in [7, 11) is 0. The van der Waals surface area contributed by atoms with Gasteiger partial charge in [0, 0.05) is 18.4 Å². The summed E-state index contributed by atoms with van der Waals surface area (Å²) in [6, 6.07) is -0.0871. The van der Waals surface area contributed by atoms with E-state index < -0.39 is 11.9 Å². The Morgan fingerprint density at radius 1 is 1.44 bits per heavy atom. The number of carbonyl (C=O) groups is 2. The van der Waals surface area contributed by atoms with E-state index in [1.807, 2.05) is 13.8 Å². The van der Waals surface area contributed by atoms with Crippen molar-refractivity contribution in [1.29, 1.82) is 0 Å². The van der Waals surface area contributed by atoms with Gasteiger partial charge < -0.3 is 15.7 Å². The number of aromatic nitrogens is 2. The van der Waals surface area contributed by atoms with Crippen molar-refractivity contribution in [2.75, 3.05) is 11.4 Å². The Hall–Kier alpha value is -2.18. The van der Waals surface area contributed by atoms with Crippen molar-refractivity contribution in [3.63, 3.8) is 0 Å². The van der Waals surface area contributed by atoms with E-state index >= 15 is 0 Å². The number of aliphatic carboxylic acids is 1. The molecule has 0 saturated heterocycles. The molecule has 7 nitrogen and oxygen atoms in total. The van der Waals surface area contributed by atoms with Gasteiger partial charge in [0.1, 0.15) is 6.54 Å². The molecule has 0 aliphatic rings. The minimum absolute atomic E-state index is 0.0148. The van der Waals surface area contributed by atoms with E-state index in [1.54, 1.807) is 0 Å². The number of carboxylic acid groups (broad SMARTS) is 1. The van der Waals surface area contributed by atoms with E-state index in [-0.39, 0.29) is 24.1 Å². The van der Waals surface area contributed by atoms with Gasteiger partial charge >= 0.3 is 5.97 Å². The van der Waals surface area contributed by atoms with Gasteiger partial charge in [0.05, 0.1) is 0 Å². The summed E-state index contributed by atoms with van der Waals surface area (Å²) < 4.78 is 0. The standard InChI is InChI=1S/C11H16N4O3/c1-3-7(2)15(6-8(16)17)11-9(10(12)18)13-4-5-14-11/h4-5,7H,3,6H2,1-2H3,(H2,12,18)(H,16,17). The summed E-state index contributed by atoms with van der Waals surface area (Å²) in [5.41, 5.74) is 5.19. The number of nitrogens with zero attached hydrogens (tertiary/aromatic N) is 3. The lowest BCUT2D eigenvalue weighted by molar-refractivity contribution is -0.135. The fourth-order valence-electron chi connectivity index (χ4n) is 1.52. The molecule has 0 aromatic carbocycles. The second kappa shape index (κ2) is 5.95. The predicted molar refractivity (Wildman–Crippen MR) is 65.3 cm³/mol. The van der Waals surface area contributed by atoms with Gasteiger partial charge in [-0.15, -0.1) is 0 Å².